The van der Waals surface area contributed by atoms with Crippen LogP contribution in [0.5, 0.6) is 0 Å². The maximum absolute atomic E-state index is 4.00. The SMILES string of the molecule is C=C[Si](Br)(CC)c1cccc2ccccc12. The Balaban J connectivity index is 2.73. The van der Waals surface area contributed by atoms with E-state index in [2.05, 4.69) is 77.0 Å². The van der Waals surface area contributed by atoms with Gasteiger partial charge in [-0.1, -0.05) is 55.1 Å². The van der Waals surface area contributed by atoms with Gasteiger partial charge in [-0.2, -0.15) is 0 Å². The topological polar surface area (TPSA) is 0 Å². The molecule has 0 aliphatic carbocycles. The van der Waals surface area contributed by atoms with Crippen LogP contribution in [0, 0.1) is 0 Å². The fourth-order valence-electron chi connectivity index (χ4n) is 2.03. The quantitative estimate of drug-likeness (QED) is 0.589. The molecule has 0 aliphatic heterocycles. The minimum absolute atomic E-state index is 1.13. The summed E-state index contributed by atoms with van der Waals surface area (Å²) < 4.78 is 0. The first-order valence-electron chi connectivity index (χ1n) is 5.52. The molecule has 0 heterocycles. The molecule has 82 valence electrons. The maximum Gasteiger partial charge on any atom is 0.183 e. The van der Waals surface area contributed by atoms with Gasteiger partial charge in [0.25, 0.3) is 0 Å². The van der Waals surface area contributed by atoms with Crippen LogP contribution in [-0.4, -0.2) is 6.69 Å². The molecule has 1 atom stereocenters. The molecule has 0 bridgehead atoms. The molecule has 0 radical (unpaired) electrons. The molecule has 2 heteroatoms. The highest BCUT2D eigenvalue weighted by molar-refractivity contribution is 9.26. The fourth-order valence-corrected chi connectivity index (χ4v) is 5.01. The Morgan fingerprint density at radius 3 is 2.56 bits per heavy atom. The van der Waals surface area contributed by atoms with Crippen molar-refractivity contribution in [2.24, 2.45) is 0 Å². The van der Waals surface area contributed by atoms with Gasteiger partial charge in [0.1, 0.15) is 0 Å². The van der Waals surface area contributed by atoms with Crippen molar-refractivity contribution in [1.82, 2.24) is 0 Å². The van der Waals surface area contributed by atoms with Crippen molar-refractivity contribution in [3.63, 3.8) is 0 Å². The second-order valence-electron chi connectivity index (χ2n) is 3.95. The molecule has 0 N–H and O–H groups in total. The van der Waals surface area contributed by atoms with E-state index in [0.717, 1.165) is 6.04 Å². The zero-order valence-corrected chi connectivity index (χ0v) is 12.0. The zero-order valence-electron chi connectivity index (χ0n) is 9.41. The third kappa shape index (κ3) is 1.87. The van der Waals surface area contributed by atoms with E-state index in [4.69, 9.17) is 0 Å². The molecule has 0 fully saturated rings. The van der Waals surface area contributed by atoms with Gasteiger partial charge in [0.05, 0.1) is 0 Å². The summed E-state index contributed by atoms with van der Waals surface area (Å²) in [5.74, 6) is 0. The molecule has 0 nitrogen and oxygen atoms in total. The van der Waals surface area contributed by atoms with E-state index >= 15 is 0 Å². The van der Waals surface area contributed by atoms with Gasteiger partial charge >= 0.3 is 0 Å². The Bertz CT molecular complexity index is 516. The second kappa shape index (κ2) is 4.56. The molecular formula is C14H15BrSi. The number of hydrogen-bond acceptors (Lipinski definition) is 0. The van der Waals surface area contributed by atoms with E-state index in [1.807, 2.05) is 0 Å². The summed E-state index contributed by atoms with van der Waals surface area (Å²) >= 11 is 3.93. The van der Waals surface area contributed by atoms with Crippen LogP contribution in [0.2, 0.25) is 6.04 Å². The van der Waals surface area contributed by atoms with Crippen LogP contribution in [0.1, 0.15) is 6.92 Å². The van der Waals surface area contributed by atoms with Gasteiger partial charge in [-0.25, -0.2) is 0 Å². The third-order valence-corrected chi connectivity index (χ3v) is 10.0. The first kappa shape index (κ1) is 11.6. The van der Waals surface area contributed by atoms with Crippen LogP contribution in [0.3, 0.4) is 0 Å². The monoisotopic (exact) mass is 290 g/mol. The van der Waals surface area contributed by atoms with E-state index in [-0.39, 0.29) is 0 Å². The minimum Gasteiger partial charge on any atom is -0.115 e. The molecule has 16 heavy (non-hydrogen) atoms. The van der Waals surface area contributed by atoms with Gasteiger partial charge in [-0.05, 0) is 22.0 Å². The molecule has 0 aliphatic rings. The average molecular weight is 291 g/mol. The lowest BCUT2D eigenvalue weighted by Gasteiger charge is -2.21. The first-order chi connectivity index (χ1) is 7.71. The predicted octanol–water partition coefficient (Wildman–Crippen LogP) is 4.13. The van der Waals surface area contributed by atoms with Gasteiger partial charge in [-0.3, -0.25) is 0 Å². The van der Waals surface area contributed by atoms with Gasteiger partial charge in [0, 0.05) is 0 Å². The molecule has 2 aromatic carbocycles. The summed E-state index contributed by atoms with van der Waals surface area (Å²) in [4.78, 5) is 0. The molecule has 0 aromatic heterocycles. The van der Waals surface area contributed by atoms with Crippen molar-refractivity contribution < 1.29 is 0 Å². The molecule has 0 saturated heterocycles. The molecule has 2 aromatic rings. The number of benzene rings is 2. The summed E-state index contributed by atoms with van der Waals surface area (Å²) in [6.45, 7) is 4.57. The Kier molecular flexibility index (Phi) is 3.31. The first-order valence-corrected chi connectivity index (χ1v) is 10.1. The van der Waals surface area contributed by atoms with Crippen molar-refractivity contribution in [2.75, 3.05) is 0 Å². The van der Waals surface area contributed by atoms with Crippen molar-refractivity contribution >= 4 is 37.9 Å². The molecule has 2 rings (SSSR count). The minimum atomic E-state index is -1.66. The highest BCUT2D eigenvalue weighted by atomic mass is 79.9. The Labute approximate surface area is 106 Å². The smallest absolute Gasteiger partial charge is 0.115 e. The summed E-state index contributed by atoms with van der Waals surface area (Å²) in [7, 11) is 0. The standard InChI is InChI=1S/C14H15BrSi/c1-3-16(15,4-2)14-11-7-9-12-8-5-6-10-13(12)14/h3,5-11H,1,4H2,2H3. The second-order valence-corrected chi connectivity index (χ2v) is 11.6. The normalized spacial score (nSPS) is 14.6. The predicted molar refractivity (Wildman–Crippen MR) is 78.9 cm³/mol. The van der Waals surface area contributed by atoms with E-state index in [9.17, 15) is 0 Å². The fraction of sp³-hybridized carbons (Fsp3) is 0.143. The number of hydrogen-bond donors (Lipinski definition) is 0. The van der Waals surface area contributed by atoms with Gasteiger partial charge < -0.3 is 0 Å². The van der Waals surface area contributed by atoms with E-state index in [1.54, 1.807) is 0 Å². The van der Waals surface area contributed by atoms with Gasteiger partial charge in [0.15, 0.2) is 6.69 Å². The Morgan fingerprint density at radius 2 is 1.88 bits per heavy atom. The van der Waals surface area contributed by atoms with Crippen molar-refractivity contribution in [1.29, 1.82) is 0 Å². The highest BCUT2D eigenvalue weighted by Crippen LogP contribution is 2.23. The molecule has 0 amide bonds. The molecular weight excluding hydrogens is 276 g/mol. The largest absolute Gasteiger partial charge is 0.183 e. The third-order valence-electron chi connectivity index (χ3n) is 3.08. The Hall–Kier alpha value is -0.863. The lowest BCUT2D eigenvalue weighted by Crippen LogP contribution is -2.39. The van der Waals surface area contributed by atoms with Crippen LogP contribution >= 0.6 is 15.3 Å². The number of rotatable bonds is 3. The van der Waals surface area contributed by atoms with Crippen molar-refractivity contribution in [2.45, 2.75) is 13.0 Å². The van der Waals surface area contributed by atoms with Gasteiger partial charge in [0.2, 0.25) is 0 Å². The highest BCUT2D eigenvalue weighted by Gasteiger charge is 2.27. The molecule has 0 saturated carbocycles. The number of fused-ring (bicyclic) bond motifs is 1. The molecule has 0 spiro atoms. The van der Waals surface area contributed by atoms with E-state index in [1.165, 1.54) is 16.0 Å². The van der Waals surface area contributed by atoms with Crippen LogP contribution in [0.4, 0.5) is 0 Å². The number of halogens is 1. The van der Waals surface area contributed by atoms with Crippen molar-refractivity contribution in [3.8, 4) is 0 Å². The lowest BCUT2D eigenvalue weighted by atomic mass is 10.1. The molecule has 1 unspecified atom stereocenters. The summed E-state index contributed by atoms with van der Waals surface area (Å²) in [6.07, 6.45) is 0. The Morgan fingerprint density at radius 1 is 1.19 bits per heavy atom. The van der Waals surface area contributed by atoms with Crippen LogP contribution in [-0.2, 0) is 0 Å². The summed E-state index contributed by atoms with van der Waals surface area (Å²) in [5, 5.41) is 4.10. The van der Waals surface area contributed by atoms with Crippen LogP contribution < -0.4 is 5.19 Å². The summed E-state index contributed by atoms with van der Waals surface area (Å²) in [5.41, 5.74) is 2.12. The maximum atomic E-state index is 4.00. The van der Waals surface area contributed by atoms with Crippen LogP contribution in [0.15, 0.2) is 54.7 Å². The van der Waals surface area contributed by atoms with Crippen LogP contribution in [0.25, 0.3) is 10.8 Å². The zero-order chi connectivity index (χ0) is 11.6. The van der Waals surface area contributed by atoms with E-state index < -0.39 is 6.69 Å². The summed E-state index contributed by atoms with van der Waals surface area (Å²) in [6, 6.07) is 16.2. The van der Waals surface area contributed by atoms with Crippen molar-refractivity contribution in [3.05, 3.63) is 54.7 Å². The van der Waals surface area contributed by atoms with E-state index in [0.29, 0.717) is 0 Å². The average Bonchev–Trinajstić information content (AvgIpc) is 2.37. The lowest BCUT2D eigenvalue weighted by molar-refractivity contribution is 1.43. The van der Waals surface area contributed by atoms with Gasteiger partial charge in [-0.15, -0.1) is 21.9 Å².